The Morgan fingerprint density at radius 1 is 1.12 bits per heavy atom. The Labute approximate surface area is 193 Å². The number of piperidine rings is 1. The van der Waals surface area contributed by atoms with Crippen molar-refractivity contribution < 1.29 is 14.7 Å². The number of benzene rings is 2. The lowest BCUT2D eigenvalue weighted by Crippen LogP contribution is -2.40. The predicted octanol–water partition coefficient (Wildman–Crippen LogP) is 3.50. The van der Waals surface area contributed by atoms with Gasteiger partial charge in [0, 0.05) is 37.3 Å². The van der Waals surface area contributed by atoms with Gasteiger partial charge in [-0.2, -0.15) is 5.10 Å². The number of hydrogen-bond donors (Lipinski definition) is 2. The normalized spacial score (nSPS) is 15.2. The number of hydrogen-bond acceptors (Lipinski definition) is 5. The van der Waals surface area contributed by atoms with E-state index in [-0.39, 0.29) is 29.6 Å². The number of nitrogens with one attached hydrogen (secondary N) is 1. The first-order chi connectivity index (χ1) is 15.8. The van der Waals surface area contributed by atoms with E-state index in [0.717, 1.165) is 36.8 Å². The lowest BCUT2D eigenvalue weighted by molar-refractivity contribution is -0.117. The van der Waals surface area contributed by atoms with E-state index >= 15 is 0 Å². The third-order valence-electron chi connectivity index (χ3n) is 6.33. The Bertz CT molecular complexity index is 1130. The SMILES string of the molecule is CC(C)N(C)C(=O)c1nn(C2CCN(CC(=O)Nc3ccc(O)cc3)CC2)c2ccccc12. The summed E-state index contributed by atoms with van der Waals surface area (Å²) in [5.41, 5.74) is 2.14. The number of para-hydroxylation sites is 1. The van der Waals surface area contributed by atoms with Gasteiger partial charge in [-0.3, -0.25) is 19.2 Å². The summed E-state index contributed by atoms with van der Waals surface area (Å²) in [6.45, 7) is 5.85. The number of likely N-dealkylation sites (tertiary alicyclic amines) is 1. The lowest BCUT2D eigenvalue weighted by Gasteiger charge is -2.31. The van der Waals surface area contributed by atoms with Gasteiger partial charge < -0.3 is 15.3 Å². The zero-order valence-electron chi connectivity index (χ0n) is 19.4. The fraction of sp³-hybridized carbons (Fsp3) is 0.400. The standard InChI is InChI=1S/C25H31N5O3/c1-17(2)28(3)25(33)24-21-6-4-5-7-22(21)30(27-24)19-12-14-29(15-13-19)16-23(32)26-18-8-10-20(31)11-9-18/h4-11,17,19,31H,12-16H2,1-3H3,(H,26,32). The van der Waals surface area contributed by atoms with Gasteiger partial charge in [-0.15, -0.1) is 0 Å². The summed E-state index contributed by atoms with van der Waals surface area (Å²) in [6, 6.07) is 14.6. The van der Waals surface area contributed by atoms with Crippen molar-refractivity contribution in [1.82, 2.24) is 19.6 Å². The molecule has 0 unspecified atom stereocenters. The molecular weight excluding hydrogens is 418 g/mol. The molecule has 0 bridgehead atoms. The van der Waals surface area contributed by atoms with Gasteiger partial charge in [-0.05, 0) is 57.0 Å². The molecule has 2 amide bonds. The van der Waals surface area contributed by atoms with Crippen LogP contribution in [-0.2, 0) is 4.79 Å². The summed E-state index contributed by atoms with van der Waals surface area (Å²) in [5.74, 6) is 0.0264. The number of amides is 2. The molecule has 1 saturated heterocycles. The number of nitrogens with zero attached hydrogens (tertiary/aromatic N) is 4. The molecule has 1 aliphatic heterocycles. The molecule has 174 valence electrons. The summed E-state index contributed by atoms with van der Waals surface area (Å²) >= 11 is 0. The molecule has 8 heteroatoms. The minimum atomic E-state index is -0.0757. The number of aromatic hydroxyl groups is 1. The molecule has 3 aromatic rings. The molecular formula is C25H31N5O3. The average molecular weight is 450 g/mol. The van der Waals surface area contributed by atoms with E-state index in [2.05, 4.69) is 10.2 Å². The quantitative estimate of drug-likeness (QED) is 0.562. The third kappa shape index (κ3) is 5.01. The molecule has 2 N–H and O–H groups in total. The Hall–Kier alpha value is -3.39. The van der Waals surface area contributed by atoms with Crippen molar-refractivity contribution in [3.63, 3.8) is 0 Å². The van der Waals surface area contributed by atoms with Crippen molar-refractivity contribution in [3.8, 4) is 5.75 Å². The Balaban J connectivity index is 1.42. The van der Waals surface area contributed by atoms with Crippen molar-refractivity contribution in [2.45, 2.75) is 38.8 Å². The van der Waals surface area contributed by atoms with Crippen LogP contribution in [0.3, 0.4) is 0 Å². The molecule has 0 saturated carbocycles. The van der Waals surface area contributed by atoms with E-state index in [9.17, 15) is 14.7 Å². The molecule has 2 heterocycles. The van der Waals surface area contributed by atoms with Crippen molar-refractivity contribution in [2.75, 3.05) is 32.0 Å². The zero-order valence-corrected chi connectivity index (χ0v) is 19.4. The van der Waals surface area contributed by atoms with Crippen LogP contribution in [0.1, 0.15) is 43.2 Å². The first kappa shape index (κ1) is 22.8. The molecule has 33 heavy (non-hydrogen) atoms. The number of fused-ring (bicyclic) bond motifs is 1. The maximum Gasteiger partial charge on any atom is 0.274 e. The molecule has 0 spiro atoms. The second kappa shape index (κ2) is 9.62. The van der Waals surface area contributed by atoms with Crippen LogP contribution in [0.4, 0.5) is 5.69 Å². The Morgan fingerprint density at radius 2 is 1.79 bits per heavy atom. The highest BCUT2D eigenvalue weighted by Crippen LogP contribution is 2.29. The number of carbonyl (C=O) groups excluding carboxylic acids is 2. The van der Waals surface area contributed by atoms with E-state index in [4.69, 9.17) is 5.10 Å². The van der Waals surface area contributed by atoms with Crippen LogP contribution in [-0.4, -0.2) is 69.2 Å². The monoisotopic (exact) mass is 449 g/mol. The summed E-state index contributed by atoms with van der Waals surface area (Å²) < 4.78 is 2.00. The molecule has 2 aromatic carbocycles. The molecule has 0 aliphatic carbocycles. The molecule has 0 atom stereocenters. The second-order valence-corrected chi connectivity index (χ2v) is 8.92. The van der Waals surface area contributed by atoms with E-state index in [1.807, 2.05) is 49.8 Å². The van der Waals surface area contributed by atoms with Crippen molar-refractivity contribution in [1.29, 1.82) is 0 Å². The molecule has 0 radical (unpaired) electrons. The second-order valence-electron chi connectivity index (χ2n) is 8.92. The van der Waals surface area contributed by atoms with Crippen LogP contribution in [0, 0.1) is 0 Å². The van der Waals surface area contributed by atoms with Crippen LogP contribution < -0.4 is 5.32 Å². The van der Waals surface area contributed by atoms with Crippen molar-refractivity contribution in [3.05, 3.63) is 54.2 Å². The minimum Gasteiger partial charge on any atom is -0.508 e. The van der Waals surface area contributed by atoms with Gasteiger partial charge in [0.1, 0.15) is 5.75 Å². The molecule has 1 fully saturated rings. The first-order valence-electron chi connectivity index (χ1n) is 11.4. The number of carbonyl (C=O) groups is 2. The van der Waals surface area contributed by atoms with Crippen molar-refractivity contribution in [2.24, 2.45) is 0 Å². The van der Waals surface area contributed by atoms with E-state index in [1.165, 1.54) is 0 Å². The smallest absolute Gasteiger partial charge is 0.274 e. The van der Waals surface area contributed by atoms with E-state index in [0.29, 0.717) is 17.9 Å². The van der Waals surface area contributed by atoms with Crippen LogP contribution in [0.2, 0.25) is 0 Å². The highest BCUT2D eigenvalue weighted by atomic mass is 16.3. The fourth-order valence-electron chi connectivity index (χ4n) is 4.20. The topological polar surface area (TPSA) is 90.7 Å². The molecule has 1 aromatic heterocycles. The summed E-state index contributed by atoms with van der Waals surface area (Å²) in [7, 11) is 1.81. The van der Waals surface area contributed by atoms with E-state index < -0.39 is 0 Å². The number of anilines is 1. The van der Waals surface area contributed by atoms with Gasteiger partial charge in [-0.25, -0.2) is 0 Å². The Morgan fingerprint density at radius 3 is 2.45 bits per heavy atom. The summed E-state index contributed by atoms with van der Waals surface area (Å²) in [6.07, 6.45) is 1.71. The summed E-state index contributed by atoms with van der Waals surface area (Å²) in [5, 5.41) is 17.9. The number of rotatable bonds is 6. The van der Waals surface area contributed by atoms with Gasteiger partial charge in [0.25, 0.3) is 5.91 Å². The highest BCUT2D eigenvalue weighted by molar-refractivity contribution is 6.04. The maximum absolute atomic E-state index is 13.0. The zero-order chi connectivity index (χ0) is 23.5. The van der Waals surface area contributed by atoms with Crippen LogP contribution >= 0.6 is 0 Å². The largest absolute Gasteiger partial charge is 0.508 e. The number of phenolic OH excluding ortho intramolecular Hbond substituents is 1. The van der Waals surface area contributed by atoms with Gasteiger partial charge in [0.15, 0.2) is 5.69 Å². The van der Waals surface area contributed by atoms with Crippen LogP contribution in [0.15, 0.2) is 48.5 Å². The van der Waals surface area contributed by atoms with Crippen LogP contribution in [0.5, 0.6) is 5.75 Å². The van der Waals surface area contributed by atoms with Gasteiger partial charge in [-0.1, -0.05) is 18.2 Å². The predicted molar refractivity (Wildman–Crippen MR) is 128 cm³/mol. The maximum atomic E-state index is 13.0. The van der Waals surface area contributed by atoms with Gasteiger partial charge >= 0.3 is 0 Å². The molecule has 4 rings (SSSR count). The summed E-state index contributed by atoms with van der Waals surface area (Å²) in [4.78, 5) is 29.3. The van der Waals surface area contributed by atoms with Crippen LogP contribution in [0.25, 0.3) is 10.9 Å². The number of aromatic nitrogens is 2. The number of phenols is 1. The van der Waals surface area contributed by atoms with Gasteiger partial charge in [0.05, 0.1) is 18.1 Å². The van der Waals surface area contributed by atoms with E-state index in [1.54, 1.807) is 29.2 Å². The molecule has 1 aliphatic rings. The first-order valence-corrected chi connectivity index (χ1v) is 11.4. The Kier molecular flexibility index (Phi) is 6.65. The van der Waals surface area contributed by atoms with Gasteiger partial charge in [0.2, 0.25) is 5.91 Å². The minimum absolute atomic E-state index is 0.0664. The highest BCUT2D eigenvalue weighted by Gasteiger charge is 2.27. The fourth-order valence-corrected chi connectivity index (χ4v) is 4.20. The molecule has 8 nitrogen and oxygen atoms in total. The third-order valence-corrected chi connectivity index (χ3v) is 6.33. The van der Waals surface area contributed by atoms with Crippen molar-refractivity contribution >= 4 is 28.4 Å². The lowest BCUT2D eigenvalue weighted by atomic mass is 10.0. The average Bonchev–Trinajstić information content (AvgIpc) is 3.20.